The fourth-order valence-corrected chi connectivity index (χ4v) is 4.28. The number of nitrogens with one attached hydrogen (secondary N) is 2. The Labute approximate surface area is 176 Å². The molecule has 2 aliphatic rings. The minimum Gasteiger partial charge on any atom is -0.475 e. The van der Waals surface area contributed by atoms with E-state index in [1.165, 1.54) is 17.4 Å². The van der Waals surface area contributed by atoms with Crippen LogP contribution in [0.3, 0.4) is 0 Å². The number of aliphatic carboxylic acids is 1. The second-order valence-corrected chi connectivity index (χ2v) is 8.13. The summed E-state index contributed by atoms with van der Waals surface area (Å²) in [5.74, 6) is -2.76. The number of aromatic nitrogens is 2. The van der Waals surface area contributed by atoms with E-state index < -0.39 is 12.1 Å². The number of carbonyl (C=O) groups excluding carboxylic acids is 1. The van der Waals surface area contributed by atoms with Crippen LogP contribution in [0, 0.1) is 0 Å². The van der Waals surface area contributed by atoms with Crippen LogP contribution >= 0.6 is 0 Å². The lowest BCUT2D eigenvalue weighted by atomic mass is 10.0. The molecule has 3 N–H and O–H groups in total. The highest BCUT2D eigenvalue weighted by Gasteiger charge is 2.38. The molecule has 3 atom stereocenters. The fraction of sp³-hybridized carbons (Fsp3) is 0.550. The van der Waals surface area contributed by atoms with E-state index in [-0.39, 0.29) is 23.8 Å². The first-order valence-corrected chi connectivity index (χ1v) is 10.1. The summed E-state index contributed by atoms with van der Waals surface area (Å²) in [4.78, 5) is 34.5. The summed E-state index contributed by atoms with van der Waals surface area (Å²) in [6.45, 7) is 3.92. The van der Waals surface area contributed by atoms with Gasteiger partial charge in [-0.05, 0) is 51.7 Å². The predicted octanol–water partition coefficient (Wildman–Crippen LogP) is 2.86. The summed E-state index contributed by atoms with van der Waals surface area (Å²) in [6.07, 6.45) is -0.826. The molecule has 170 valence electrons. The number of hydrogen-bond acceptors (Lipinski definition) is 4. The van der Waals surface area contributed by atoms with Crippen molar-refractivity contribution in [2.45, 2.75) is 69.9 Å². The molecule has 0 aliphatic carbocycles. The van der Waals surface area contributed by atoms with Gasteiger partial charge in [0.1, 0.15) is 0 Å². The van der Waals surface area contributed by atoms with E-state index in [1.807, 2.05) is 38.1 Å². The smallest absolute Gasteiger partial charge is 0.475 e. The molecule has 8 nitrogen and oxygen atoms in total. The van der Waals surface area contributed by atoms with Gasteiger partial charge in [0.15, 0.2) is 0 Å². The molecular formula is C20H25F3N4O4. The molecule has 1 aromatic heterocycles. The Bertz CT molecular complexity index is 1020. The van der Waals surface area contributed by atoms with Crippen LogP contribution in [0.2, 0.25) is 0 Å². The van der Waals surface area contributed by atoms with Gasteiger partial charge in [-0.2, -0.15) is 13.2 Å². The Morgan fingerprint density at radius 3 is 2.13 bits per heavy atom. The lowest BCUT2D eigenvalue weighted by molar-refractivity contribution is -0.192. The normalized spacial score (nSPS) is 22.8. The van der Waals surface area contributed by atoms with Gasteiger partial charge in [0, 0.05) is 24.2 Å². The average Bonchev–Trinajstić information content (AvgIpc) is 3.16. The van der Waals surface area contributed by atoms with E-state index in [9.17, 15) is 22.8 Å². The molecule has 0 spiro atoms. The Hall–Kier alpha value is -2.82. The van der Waals surface area contributed by atoms with Gasteiger partial charge in [0.05, 0.1) is 11.0 Å². The van der Waals surface area contributed by atoms with E-state index in [0.29, 0.717) is 17.6 Å². The van der Waals surface area contributed by atoms with E-state index in [1.54, 1.807) is 4.57 Å². The molecule has 2 saturated heterocycles. The SMILES string of the molecule is CC(C)n1c(=O)n(C(=O)NC2C[C@H]3CC[C@@H](C2)N3)c2ccccc21.O=C(O)C(F)(F)F. The lowest BCUT2D eigenvalue weighted by Crippen LogP contribution is -2.50. The van der Waals surface area contributed by atoms with Crippen LogP contribution in [0.25, 0.3) is 11.0 Å². The van der Waals surface area contributed by atoms with Gasteiger partial charge in [-0.1, -0.05) is 12.1 Å². The molecule has 3 heterocycles. The van der Waals surface area contributed by atoms with Crippen molar-refractivity contribution < 1.29 is 27.9 Å². The number of amides is 1. The molecule has 1 unspecified atom stereocenters. The quantitative estimate of drug-likeness (QED) is 0.663. The third kappa shape index (κ3) is 4.92. The summed E-state index contributed by atoms with van der Waals surface area (Å²) in [7, 11) is 0. The Balaban J connectivity index is 0.000000339. The molecule has 1 aromatic carbocycles. The van der Waals surface area contributed by atoms with Crippen LogP contribution in [0.5, 0.6) is 0 Å². The second-order valence-electron chi connectivity index (χ2n) is 8.13. The number of alkyl halides is 3. The molecule has 2 aromatic rings. The molecule has 4 rings (SSSR count). The number of piperidine rings is 1. The summed E-state index contributed by atoms with van der Waals surface area (Å²) < 4.78 is 34.7. The third-order valence-corrected chi connectivity index (χ3v) is 5.54. The summed E-state index contributed by atoms with van der Waals surface area (Å²) in [6, 6.07) is 8.34. The van der Waals surface area contributed by atoms with Crippen LogP contribution in [0.1, 0.15) is 45.6 Å². The monoisotopic (exact) mass is 442 g/mol. The number of carboxylic acids is 1. The Morgan fingerprint density at radius 2 is 1.65 bits per heavy atom. The van der Waals surface area contributed by atoms with Crippen molar-refractivity contribution >= 4 is 23.0 Å². The Morgan fingerprint density at radius 1 is 1.13 bits per heavy atom. The highest BCUT2D eigenvalue weighted by Crippen LogP contribution is 2.27. The van der Waals surface area contributed by atoms with Crippen molar-refractivity contribution in [3.8, 4) is 0 Å². The summed E-state index contributed by atoms with van der Waals surface area (Å²) >= 11 is 0. The predicted molar refractivity (Wildman–Crippen MR) is 107 cm³/mol. The molecular weight excluding hydrogens is 417 g/mol. The van der Waals surface area contributed by atoms with Gasteiger partial charge in [-0.15, -0.1) is 0 Å². The third-order valence-electron chi connectivity index (χ3n) is 5.54. The number of para-hydroxylation sites is 2. The van der Waals surface area contributed by atoms with Crippen LogP contribution in [-0.2, 0) is 4.79 Å². The fourth-order valence-electron chi connectivity index (χ4n) is 4.28. The summed E-state index contributed by atoms with van der Waals surface area (Å²) in [5.41, 5.74) is 1.21. The van der Waals surface area contributed by atoms with Crippen molar-refractivity contribution in [2.75, 3.05) is 0 Å². The first-order chi connectivity index (χ1) is 14.5. The Kier molecular flexibility index (Phi) is 6.44. The van der Waals surface area contributed by atoms with E-state index in [2.05, 4.69) is 10.6 Å². The van der Waals surface area contributed by atoms with E-state index >= 15 is 0 Å². The molecule has 2 aliphatic heterocycles. The number of carbonyl (C=O) groups is 2. The second kappa shape index (κ2) is 8.74. The standard InChI is InChI=1S/C18H24N4O2.C2HF3O2/c1-11(2)21-15-5-3-4-6-16(15)22(18(21)24)17(23)20-14-9-12-7-8-13(10-14)19-12;3-2(4,5)1(6)7/h3-6,11-14,19H,7-10H2,1-2H3,(H,20,23);(H,6,7)/t12-,13+,14?;. The number of halogens is 3. The van der Waals surface area contributed by atoms with Crippen molar-refractivity contribution in [3.63, 3.8) is 0 Å². The minimum absolute atomic E-state index is 0.00572. The van der Waals surface area contributed by atoms with Crippen LogP contribution in [-0.4, -0.2) is 50.5 Å². The molecule has 31 heavy (non-hydrogen) atoms. The molecule has 2 fully saturated rings. The lowest BCUT2D eigenvalue weighted by Gasteiger charge is -2.29. The zero-order chi connectivity index (χ0) is 22.9. The highest BCUT2D eigenvalue weighted by molar-refractivity contribution is 5.89. The van der Waals surface area contributed by atoms with Crippen LogP contribution in [0.15, 0.2) is 29.1 Å². The number of benzene rings is 1. The topological polar surface area (TPSA) is 105 Å². The molecule has 2 bridgehead atoms. The number of fused-ring (bicyclic) bond motifs is 3. The molecule has 11 heteroatoms. The molecule has 0 saturated carbocycles. The summed E-state index contributed by atoms with van der Waals surface area (Å²) in [5, 5.41) is 13.8. The van der Waals surface area contributed by atoms with E-state index in [0.717, 1.165) is 18.4 Å². The van der Waals surface area contributed by atoms with Crippen molar-refractivity contribution in [1.82, 2.24) is 19.8 Å². The van der Waals surface area contributed by atoms with Gasteiger partial charge in [0.2, 0.25) is 0 Å². The van der Waals surface area contributed by atoms with Gasteiger partial charge in [0.25, 0.3) is 0 Å². The first kappa shape index (κ1) is 22.9. The molecule has 1 amide bonds. The van der Waals surface area contributed by atoms with Crippen molar-refractivity contribution in [1.29, 1.82) is 0 Å². The van der Waals surface area contributed by atoms with Crippen LogP contribution in [0.4, 0.5) is 18.0 Å². The largest absolute Gasteiger partial charge is 0.490 e. The van der Waals surface area contributed by atoms with E-state index in [4.69, 9.17) is 9.90 Å². The van der Waals surface area contributed by atoms with Crippen LogP contribution < -0.4 is 16.3 Å². The minimum atomic E-state index is -5.08. The number of nitrogens with zero attached hydrogens (tertiary/aromatic N) is 2. The zero-order valence-corrected chi connectivity index (χ0v) is 17.1. The number of hydrogen-bond donors (Lipinski definition) is 3. The molecule has 0 radical (unpaired) electrons. The van der Waals surface area contributed by atoms with Gasteiger partial charge < -0.3 is 15.7 Å². The maximum Gasteiger partial charge on any atom is 0.490 e. The number of rotatable bonds is 2. The first-order valence-electron chi connectivity index (χ1n) is 10.1. The van der Waals surface area contributed by atoms with Gasteiger partial charge >= 0.3 is 23.9 Å². The highest BCUT2D eigenvalue weighted by atomic mass is 19.4. The van der Waals surface area contributed by atoms with Gasteiger partial charge in [-0.3, -0.25) is 4.57 Å². The number of imidazole rings is 1. The maximum atomic E-state index is 12.8. The number of carboxylic acid groups (broad SMARTS) is 1. The average molecular weight is 442 g/mol. The van der Waals surface area contributed by atoms with Gasteiger partial charge in [-0.25, -0.2) is 19.0 Å². The van der Waals surface area contributed by atoms with Crippen molar-refractivity contribution in [3.05, 3.63) is 34.7 Å². The van der Waals surface area contributed by atoms with Crippen molar-refractivity contribution in [2.24, 2.45) is 0 Å². The zero-order valence-electron chi connectivity index (χ0n) is 17.1. The maximum absolute atomic E-state index is 12.8.